The van der Waals surface area contributed by atoms with E-state index < -0.39 is 0 Å². The van der Waals surface area contributed by atoms with Crippen molar-refractivity contribution in [1.29, 1.82) is 0 Å². The summed E-state index contributed by atoms with van der Waals surface area (Å²) < 4.78 is 2.50. The van der Waals surface area contributed by atoms with Crippen molar-refractivity contribution in [3.05, 3.63) is 85.0 Å². The molecular weight excluding hydrogens is 316 g/mol. The van der Waals surface area contributed by atoms with Crippen molar-refractivity contribution in [3.63, 3.8) is 0 Å². The van der Waals surface area contributed by atoms with Gasteiger partial charge < -0.3 is 9.55 Å². The monoisotopic (exact) mass is 334 g/mol. The highest BCUT2D eigenvalue weighted by Crippen LogP contribution is 2.38. The van der Waals surface area contributed by atoms with Gasteiger partial charge in [0.15, 0.2) is 0 Å². The van der Waals surface area contributed by atoms with Crippen molar-refractivity contribution in [1.82, 2.24) is 9.55 Å². The molecule has 0 radical (unpaired) electrons. The third-order valence-corrected chi connectivity index (χ3v) is 5.63. The molecule has 2 aromatic heterocycles. The molecule has 124 valence electrons. The van der Waals surface area contributed by atoms with E-state index in [1.807, 2.05) is 0 Å². The van der Waals surface area contributed by atoms with Crippen LogP contribution in [0, 0.1) is 0 Å². The fourth-order valence-corrected chi connectivity index (χ4v) is 4.46. The van der Waals surface area contributed by atoms with E-state index in [0.717, 1.165) is 6.42 Å². The Kier molecular flexibility index (Phi) is 2.75. The van der Waals surface area contributed by atoms with Crippen LogP contribution in [-0.2, 0) is 0 Å². The number of aromatic nitrogens is 2. The first-order chi connectivity index (χ1) is 12.9. The number of benzene rings is 3. The van der Waals surface area contributed by atoms with Crippen LogP contribution in [0.4, 0.5) is 0 Å². The second-order valence-electron chi connectivity index (χ2n) is 7.09. The van der Waals surface area contributed by atoms with Gasteiger partial charge in [0.1, 0.15) is 0 Å². The molecule has 1 atom stereocenters. The molecule has 2 heterocycles. The van der Waals surface area contributed by atoms with Crippen molar-refractivity contribution in [2.45, 2.75) is 12.5 Å². The molecule has 1 unspecified atom stereocenters. The predicted octanol–water partition coefficient (Wildman–Crippen LogP) is 6.49. The van der Waals surface area contributed by atoms with Gasteiger partial charge in [0.05, 0.1) is 11.6 Å². The fraction of sp³-hybridized carbons (Fsp3) is 0.0833. The van der Waals surface area contributed by atoms with Gasteiger partial charge in [-0.05, 0) is 30.7 Å². The van der Waals surface area contributed by atoms with Crippen LogP contribution in [0.1, 0.15) is 12.5 Å². The smallest absolute Gasteiger partial charge is 0.0560 e. The van der Waals surface area contributed by atoms with E-state index >= 15 is 0 Å². The number of allylic oxidation sites excluding steroid dienone is 4. The Hall–Kier alpha value is -3.26. The Morgan fingerprint density at radius 2 is 1.58 bits per heavy atom. The summed E-state index contributed by atoms with van der Waals surface area (Å²) >= 11 is 0. The average molecular weight is 334 g/mol. The molecule has 6 rings (SSSR count). The molecule has 2 heteroatoms. The molecule has 0 saturated carbocycles. The van der Waals surface area contributed by atoms with Crippen molar-refractivity contribution in [3.8, 4) is 0 Å². The number of aromatic amines is 1. The maximum atomic E-state index is 3.60. The normalized spacial score (nSPS) is 17.2. The van der Waals surface area contributed by atoms with Crippen LogP contribution in [0.2, 0.25) is 0 Å². The largest absolute Gasteiger partial charge is 0.354 e. The molecule has 5 aromatic rings. The highest BCUT2D eigenvalue weighted by molar-refractivity contribution is 6.17. The molecule has 0 saturated heterocycles. The first kappa shape index (κ1) is 14.0. The van der Waals surface area contributed by atoms with E-state index in [1.165, 1.54) is 43.6 Å². The Morgan fingerprint density at radius 3 is 2.46 bits per heavy atom. The number of fused-ring (bicyclic) bond motifs is 6. The lowest BCUT2D eigenvalue weighted by Gasteiger charge is -2.18. The molecule has 0 bridgehead atoms. The van der Waals surface area contributed by atoms with Gasteiger partial charge in [0.2, 0.25) is 0 Å². The topological polar surface area (TPSA) is 20.7 Å². The highest BCUT2D eigenvalue weighted by Gasteiger charge is 2.18. The van der Waals surface area contributed by atoms with Gasteiger partial charge >= 0.3 is 0 Å². The lowest BCUT2D eigenvalue weighted by atomic mass is 10.1. The van der Waals surface area contributed by atoms with Gasteiger partial charge in [-0.15, -0.1) is 0 Å². The third-order valence-electron chi connectivity index (χ3n) is 5.63. The zero-order valence-electron chi connectivity index (χ0n) is 14.3. The average Bonchev–Trinajstić information content (AvgIpc) is 3.22. The molecule has 1 aliphatic carbocycles. The van der Waals surface area contributed by atoms with Gasteiger partial charge in [0, 0.05) is 38.1 Å². The zero-order chi connectivity index (χ0) is 17.1. The third kappa shape index (κ3) is 1.81. The first-order valence-corrected chi connectivity index (χ1v) is 9.16. The van der Waals surface area contributed by atoms with E-state index in [9.17, 15) is 0 Å². The lowest BCUT2D eigenvalue weighted by Crippen LogP contribution is -2.06. The SMILES string of the molecule is C1=CCC(n2c3ccccc3c3cc4c(cc32)[nH]c2ccccc24)C=C1. The molecule has 1 aliphatic rings. The number of hydrogen-bond acceptors (Lipinski definition) is 0. The minimum atomic E-state index is 0.365. The van der Waals surface area contributed by atoms with Crippen LogP contribution >= 0.6 is 0 Å². The summed E-state index contributed by atoms with van der Waals surface area (Å²) in [5.74, 6) is 0. The molecule has 0 aliphatic heterocycles. The van der Waals surface area contributed by atoms with Crippen LogP contribution in [0.15, 0.2) is 85.0 Å². The van der Waals surface area contributed by atoms with Crippen LogP contribution in [0.25, 0.3) is 43.6 Å². The van der Waals surface area contributed by atoms with Gasteiger partial charge in [-0.2, -0.15) is 0 Å². The number of para-hydroxylation sites is 2. The molecule has 0 amide bonds. The van der Waals surface area contributed by atoms with E-state index in [-0.39, 0.29) is 0 Å². The maximum Gasteiger partial charge on any atom is 0.0560 e. The Bertz CT molecular complexity index is 1360. The Labute approximate surface area is 151 Å². The predicted molar refractivity (Wildman–Crippen MR) is 111 cm³/mol. The van der Waals surface area contributed by atoms with Crippen LogP contribution in [0.3, 0.4) is 0 Å². The van der Waals surface area contributed by atoms with Gasteiger partial charge in [-0.25, -0.2) is 0 Å². The molecular formula is C24H18N2. The molecule has 3 aromatic carbocycles. The summed E-state index contributed by atoms with van der Waals surface area (Å²) in [5.41, 5.74) is 5.02. The lowest BCUT2D eigenvalue weighted by molar-refractivity contribution is 0.648. The van der Waals surface area contributed by atoms with Gasteiger partial charge in [-0.3, -0.25) is 0 Å². The van der Waals surface area contributed by atoms with Gasteiger partial charge in [-0.1, -0.05) is 60.7 Å². The van der Waals surface area contributed by atoms with Crippen molar-refractivity contribution < 1.29 is 0 Å². The van der Waals surface area contributed by atoms with Crippen LogP contribution in [-0.4, -0.2) is 9.55 Å². The molecule has 1 N–H and O–H groups in total. The van der Waals surface area contributed by atoms with Crippen LogP contribution in [0.5, 0.6) is 0 Å². The standard InChI is InChI=1S/C24H18N2/c1-2-8-16(9-3-1)26-23-13-7-5-11-18(23)20-14-19-17-10-4-6-12-21(17)25-22(19)15-24(20)26/h1-8,10-16,25H,9H2. The number of rotatable bonds is 1. The number of H-pyrrole nitrogens is 1. The number of hydrogen-bond donors (Lipinski definition) is 1. The molecule has 26 heavy (non-hydrogen) atoms. The summed E-state index contributed by atoms with van der Waals surface area (Å²) in [7, 11) is 0. The Morgan fingerprint density at radius 1 is 0.731 bits per heavy atom. The summed E-state index contributed by atoms with van der Waals surface area (Å²) in [6, 6.07) is 22.4. The highest BCUT2D eigenvalue weighted by atomic mass is 15.0. The second kappa shape index (κ2) is 5.12. The van der Waals surface area contributed by atoms with Crippen molar-refractivity contribution in [2.75, 3.05) is 0 Å². The van der Waals surface area contributed by atoms with Crippen LogP contribution < -0.4 is 0 Å². The van der Waals surface area contributed by atoms with E-state index in [0.29, 0.717) is 6.04 Å². The second-order valence-corrected chi connectivity index (χ2v) is 7.09. The molecule has 0 fully saturated rings. The Balaban J connectivity index is 1.78. The van der Waals surface area contributed by atoms with E-state index in [2.05, 4.69) is 94.5 Å². The van der Waals surface area contributed by atoms with E-state index in [1.54, 1.807) is 0 Å². The van der Waals surface area contributed by atoms with Crippen molar-refractivity contribution in [2.24, 2.45) is 0 Å². The van der Waals surface area contributed by atoms with Gasteiger partial charge in [0.25, 0.3) is 0 Å². The minimum absolute atomic E-state index is 0.365. The molecule has 2 nitrogen and oxygen atoms in total. The van der Waals surface area contributed by atoms with Crippen molar-refractivity contribution >= 4 is 43.6 Å². The fourth-order valence-electron chi connectivity index (χ4n) is 4.46. The first-order valence-electron chi connectivity index (χ1n) is 9.16. The maximum absolute atomic E-state index is 3.60. The summed E-state index contributed by atoms with van der Waals surface area (Å²) in [6.07, 6.45) is 9.90. The number of nitrogens with one attached hydrogen (secondary N) is 1. The number of nitrogens with zero attached hydrogens (tertiary/aromatic N) is 1. The summed E-state index contributed by atoms with van der Waals surface area (Å²) in [6.45, 7) is 0. The minimum Gasteiger partial charge on any atom is -0.354 e. The molecule has 0 spiro atoms. The summed E-state index contributed by atoms with van der Waals surface area (Å²) in [5, 5.41) is 5.26. The quantitative estimate of drug-likeness (QED) is 0.362. The van der Waals surface area contributed by atoms with E-state index in [4.69, 9.17) is 0 Å². The summed E-state index contributed by atoms with van der Waals surface area (Å²) in [4.78, 5) is 3.60. The zero-order valence-corrected chi connectivity index (χ0v) is 14.3.